The topological polar surface area (TPSA) is 137 Å². The molecular weight excluding hydrogens is 420 g/mol. The minimum atomic E-state index is -1.05. The molecule has 3 atom stereocenters. The van der Waals surface area contributed by atoms with E-state index in [4.69, 9.17) is 5.84 Å². The van der Waals surface area contributed by atoms with Crippen LogP contribution in [0.4, 0.5) is 0 Å². The lowest BCUT2D eigenvalue weighted by atomic mass is 9.87. The Kier molecular flexibility index (Phi) is 7.43. The molecule has 1 heterocycles. The van der Waals surface area contributed by atoms with E-state index in [0.29, 0.717) is 6.42 Å². The zero-order chi connectivity index (χ0) is 24.2. The van der Waals surface area contributed by atoms with Gasteiger partial charge in [0, 0.05) is 17.1 Å². The third-order valence-corrected chi connectivity index (χ3v) is 6.06. The summed E-state index contributed by atoms with van der Waals surface area (Å²) in [6.45, 7) is 4.78. The van der Waals surface area contributed by atoms with Crippen molar-refractivity contribution in [2.24, 2.45) is 5.84 Å². The number of hydrazine groups is 1. The summed E-state index contributed by atoms with van der Waals surface area (Å²) in [5.74, 6) is 4.18. The first kappa shape index (κ1) is 24.3. The summed E-state index contributed by atoms with van der Waals surface area (Å²) >= 11 is 0. The molecule has 8 heteroatoms. The minimum absolute atomic E-state index is 0.106. The lowest BCUT2D eigenvalue weighted by Gasteiger charge is -2.31. The van der Waals surface area contributed by atoms with E-state index in [0.717, 1.165) is 22.0 Å². The first-order valence-corrected chi connectivity index (χ1v) is 10.8. The molecule has 3 rings (SSSR count). The van der Waals surface area contributed by atoms with Gasteiger partial charge in [0.25, 0.3) is 0 Å². The standard InChI is InChI=1S/C25H30N4O4/c1-15(23(32)24(33)22(29-26)12-17-8-10-19(31)11-9-17)28-25(3,16(2)30)13-18-14-27-21-7-5-4-6-20(18)21/h4-11,14-15,22,27-29,31H,12-13,26H2,1-3H3/t15?,22-,25-/m0/s1. The van der Waals surface area contributed by atoms with Crippen molar-refractivity contribution in [1.29, 1.82) is 0 Å². The number of aromatic hydroxyl groups is 1. The monoisotopic (exact) mass is 450 g/mol. The number of aromatic nitrogens is 1. The van der Waals surface area contributed by atoms with Crippen LogP contribution < -0.4 is 16.6 Å². The molecular formula is C25H30N4O4. The maximum atomic E-state index is 12.9. The molecule has 0 aliphatic heterocycles. The van der Waals surface area contributed by atoms with Gasteiger partial charge in [0.1, 0.15) is 11.5 Å². The number of aromatic amines is 1. The Morgan fingerprint density at radius 3 is 2.39 bits per heavy atom. The molecule has 0 fully saturated rings. The first-order chi connectivity index (χ1) is 15.6. The summed E-state index contributed by atoms with van der Waals surface area (Å²) in [6, 6.07) is 12.3. The van der Waals surface area contributed by atoms with Crippen LogP contribution in [0.1, 0.15) is 31.9 Å². The highest BCUT2D eigenvalue weighted by Gasteiger charge is 2.36. The largest absolute Gasteiger partial charge is 0.508 e. The lowest BCUT2D eigenvalue weighted by Crippen LogP contribution is -2.58. The summed E-state index contributed by atoms with van der Waals surface area (Å²) in [5, 5.41) is 13.5. The molecule has 0 spiro atoms. The van der Waals surface area contributed by atoms with Crippen molar-refractivity contribution in [3.8, 4) is 5.75 Å². The van der Waals surface area contributed by atoms with Crippen LogP contribution in [0.25, 0.3) is 10.9 Å². The minimum Gasteiger partial charge on any atom is -0.508 e. The average Bonchev–Trinajstić information content (AvgIpc) is 3.20. The Morgan fingerprint density at radius 1 is 1.09 bits per heavy atom. The summed E-state index contributed by atoms with van der Waals surface area (Å²) in [7, 11) is 0. The molecule has 0 saturated carbocycles. The zero-order valence-corrected chi connectivity index (χ0v) is 19.0. The number of hydrogen-bond donors (Lipinski definition) is 5. The number of para-hydroxylation sites is 1. The van der Waals surface area contributed by atoms with Crippen molar-refractivity contribution in [1.82, 2.24) is 15.7 Å². The van der Waals surface area contributed by atoms with Crippen molar-refractivity contribution in [3.05, 3.63) is 65.9 Å². The molecule has 1 unspecified atom stereocenters. The Balaban J connectivity index is 1.73. The third kappa shape index (κ3) is 5.54. The van der Waals surface area contributed by atoms with Gasteiger partial charge in [-0.2, -0.15) is 0 Å². The number of phenolic OH excluding ortho intramolecular Hbond substituents is 1. The number of nitrogens with one attached hydrogen (secondary N) is 3. The number of phenols is 1. The normalized spacial score (nSPS) is 15.0. The van der Waals surface area contributed by atoms with Crippen molar-refractivity contribution in [2.45, 2.75) is 51.2 Å². The Bertz CT molecular complexity index is 1150. The molecule has 174 valence electrons. The number of carbonyl (C=O) groups excluding carboxylic acids is 3. The number of fused-ring (bicyclic) bond motifs is 1. The number of H-pyrrole nitrogens is 1. The van der Waals surface area contributed by atoms with Crippen molar-refractivity contribution >= 4 is 28.3 Å². The van der Waals surface area contributed by atoms with Gasteiger partial charge in [0.15, 0.2) is 0 Å². The Hall–Kier alpha value is -3.33. The van der Waals surface area contributed by atoms with Gasteiger partial charge in [-0.1, -0.05) is 30.3 Å². The van der Waals surface area contributed by atoms with Gasteiger partial charge in [-0.3, -0.25) is 25.5 Å². The van der Waals surface area contributed by atoms with Gasteiger partial charge in [0.2, 0.25) is 11.6 Å². The van der Waals surface area contributed by atoms with E-state index < -0.39 is 29.2 Å². The van der Waals surface area contributed by atoms with Gasteiger partial charge in [-0.05, 0) is 62.9 Å². The number of nitrogens with two attached hydrogens (primary N) is 1. The Labute approximate surface area is 192 Å². The van der Waals surface area contributed by atoms with E-state index in [-0.39, 0.29) is 18.0 Å². The van der Waals surface area contributed by atoms with E-state index >= 15 is 0 Å². The summed E-state index contributed by atoms with van der Waals surface area (Å²) in [5.41, 5.74) is 4.00. The molecule has 8 nitrogen and oxygen atoms in total. The molecule has 0 amide bonds. The van der Waals surface area contributed by atoms with Crippen LogP contribution in [0, 0.1) is 0 Å². The van der Waals surface area contributed by atoms with Gasteiger partial charge in [0.05, 0.1) is 17.6 Å². The van der Waals surface area contributed by atoms with Crippen LogP contribution in [0.3, 0.4) is 0 Å². The second-order valence-electron chi connectivity index (χ2n) is 8.61. The van der Waals surface area contributed by atoms with E-state index in [1.807, 2.05) is 30.5 Å². The van der Waals surface area contributed by atoms with E-state index in [1.54, 1.807) is 26.0 Å². The van der Waals surface area contributed by atoms with Crippen LogP contribution in [-0.2, 0) is 27.2 Å². The molecule has 0 aliphatic rings. The molecule has 0 saturated heterocycles. The van der Waals surface area contributed by atoms with Crippen LogP contribution in [0.2, 0.25) is 0 Å². The number of hydrogen-bond acceptors (Lipinski definition) is 7. The molecule has 33 heavy (non-hydrogen) atoms. The smallest absolute Gasteiger partial charge is 0.218 e. The van der Waals surface area contributed by atoms with Gasteiger partial charge >= 0.3 is 0 Å². The number of benzene rings is 2. The Morgan fingerprint density at radius 2 is 1.76 bits per heavy atom. The lowest BCUT2D eigenvalue weighted by molar-refractivity contribution is -0.139. The summed E-state index contributed by atoms with van der Waals surface area (Å²) in [6.07, 6.45) is 2.40. The second kappa shape index (κ2) is 10.1. The fourth-order valence-corrected chi connectivity index (χ4v) is 3.96. The molecule has 0 radical (unpaired) electrons. The number of ketones is 3. The molecule has 1 aromatic heterocycles. The van der Waals surface area contributed by atoms with Crippen LogP contribution in [-0.4, -0.2) is 45.1 Å². The highest BCUT2D eigenvalue weighted by atomic mass is 16.3. The van der Waals surface area contributed by atoms with Gasteiger partial charge in [-0.15, -0.1) is 0 Å². The number of carbonyl (C=O) groups is 3. The maximum Gasteiger partial charge on any atom is 0.218 e. The molecule has 6 N–H and O–H groups in total. The van der Waals surface area contributed by atoms with Crippen molar-refractivity contribution in [2.75, 3.05) is 0 Å². The van der Waals surface area contributed by atoms with E-state index in [9.17, 15) is 19.5 Å². The molecule has 0 bridgehead atoms. The number of Topliss-reactive ketones (excluding diaryl/α,β-unsaturated/α-hetero) is 3. The first-order valence-electron chi connectivity index (χ1n) is 10.8. The van der Waals surface area contributed by atoms with Crippen molar-refractivity contribution in [3.63, 3.8) is 0 Å². The average molecular weight is 451 g/mol. The van der Waals surface area contributed by atoms with Crippen LogP contribution in [0.5, 0.6) is 5.75 Å². The molecule has 2 aromatic carbocycles. The van der Waals surface area contributed by atoms with Crippen LogP contribution >= 0.6 is 0 Å². The van der Waals surface area contributed by atoms with Gasteiger partial charge < -0.3 is 10.1 Å². The maximum absolute atomic E-state index is 12.9. The third-order valence-electron chi connectivity index (χ3n) is 6.06. The van der Waals surface area contributed by atoms with E-state index in [1.165, 1.54) is 19.1 Å². The van der Waals surface area contributed by atoms with Gasteiger partial charge in [-0.25, -0.2) is 5.43 Å². The van der Waals surface area contributed by atoms with Crippen molar-refractivity contribution < 1.29 is 19.5 Å². The quantitative estimate of drug-likeness (QED) is 0.171. The fraction of sp³-hybridized carbons (Fsp3) is 0.320. The highest BCUT2D eigenvalue weighted by molar-refractivity contribution is 6.41. The summed E-state index contributed by atoms with van der Waals surface area (Å²) in [4.78, 5) is 41.6. The summed E-state index contributed by atoms with van der Waals surface area (Å²) < 4.78 is 0. The SMILES string of the molecule is CC(=O)[C@](C)(Cc1c[nH]c2ccccc12)NC(C)C(=O)C(=O)[C@H](Cc1ccc(O)cc1)NN. The highest BCUT2D eigenvalue weighted by Crippen LogP contribution is 2.24. The number of rotatable bonds is 11. The zero-order valence-electron chi connectivity index (χ0n) is 19.0. The fourth-order valence-electron chi connectivity index (χ4n) is 3.96. The predicted molar refractivity (Wildman–Crippen MR) is 127 cm³/mol. The molecule has 3 aromatic rings. The predicted octanol–water partition coefficient (Wildman–Crippen LogP) is 1.95. The van der Waals surface area contributed by atoms with E-state index in [2.05, 4.69) is 15.7 Å². The second-order valence-corrected chi connectivity index (χ2v) is 8.61. The molecule has 0 aliphatic carbocycles. The van der Waals surface area contributed by atoms with Crippen LogP contribution in [0.15, 0.2) is 54.7 Å².